The lowest BCUT2D eigenvalue weighted by Gasteiger charge is -2.44. The van der Waals surface area contributed by atoms with Crippen molar-refractivity contribution < 1.29 is 20.4 Å². The molecule has 3 aliphatic rings. The van der Waals surface area contributed by atoms with Crippen LogP contribution in [0.2, 0.25) is 0 Å². The van der Waals surface area contributed by atoms with E-state index < -0.39 is 23.9 Å². The van der Waals surface area contributed by atoms with Gasteiger partial charge >= 0.3 is 0 Å². The Balaban J connectivity index is 1.69. The van der Waals surface area contributed by atoms with E-state index in [1.807, 2.05) is 13.8 Å². The Bertz CT molecular complexity index is 749. The summed E-state index contributed by atoms with van der Waals surface area (Å²) >= 11 is 0. The molecule has 7 atom stereocenters. The number of aliphatic hydroxyl groups is 4. The van der Waals surface area contributed by atoms with Gasteiger partial charge in [0, 0.05) is 6.42 Å². The molecule has 188 valence electrons. The molecule has 0 bridgehead atoms. The summed E-state index contributed by atoms with van der Waals surface area (Å²) in [4.78, 5) is 0. The third-order valence-electron chi connectivity index (χ3n) is 9.73. The molecule has 33 heavy (non-hydrogen) atoms. The second kappa shape index (κ2) is 10.8. The molecule has 3 fully saturated rings. The van der Waals surface area contributed by atoms with E-state index in [0.29, 0.717) is 49.9 Å². The summed E-state index contributed by atoms with van der Waals surface area (Å²) in [7, 11) is 0. The van der Waals surface area contributed by atoms with E-state index in [0.717, 1.165) is 24.0 Å². The summed E-state index contributed by atoms with van der Waals surface area (Å²) in [5.74, 6) is 1.74. The molecule has 4 nitrogen and oxygen atoms in total. The molecule has 4 heteroatoms. The van der Waals surface area contributed by atoms with Crippen LogP contribution in [0.5, 0.6) is 0 Å². The summed E-state index contributed by atoms with van der Waals surface area (Å²) in [5.41, 5.74) is 2.57. The summed E-state index contributed by atoms with van der Waals surface area (Å²) < 4.78 is 0. The molecule has 3 saturated carbocycles. The van der Waals surface area contributed by atoms with Crippen molar-refractivity contribution in [1.82, 2.24) is 0 Å². The van der Waals surface area contributed by atoms with Crippen LogP contribution in [-0.4, -0.2) is 44.3 Å². The van der Waals surface area contributed by atoms with E-state index in [4.69, 9.17) is 0 Å². The number of hydrogen-bond donors (Lipinski definition) is 4. The fraction of sp³-hybridized carbons (Fsp3) is 0.793. The second-order valence-electron chi connectivity index (χ2n) is 11.5. The third-order valence-corrected chi connectivity index (χ3v) is 9.73. The molecule has 0 aromatic heterocycles. The van der Waals surface area contributed by atoms with Crippen molar-refractivity contribution in [3.05, 3.63) is 35.5 Å². The Labute approximate surface area is 201 Å². The van der Waals surface area contributed by atoms with Crippen LogP contribution in [-0.2, 0) is 0 Å². The lowest BCUT2D eigenvalue weighted by Crippen LogP contribution is -2.42. The predicted octanol–water partition coefficient (Wildman–Crippen LogP) is 5.46. The number of rotatable bonds is 8. The van der Waals surface area contributed by atoms with Gasteiger partial charge in [-0.15, -0.1) is 0 Å². The highest BCUT2D eigenvalue weighted by Gasteiger charge is 2.50. The molecule has 3 rings (SSSR count). The van der Waals surface area contributed by atoms with E-state index in [2.05, 4.69) is 32.6 Å². The largest absolute Gasteiger partial charge is 0.393 e. The quantitative estimate of drug-likeness (QED) is 0.388. The molecule has 4 N–H and O–H groups in total. The molecule has 0 unspecified atom stereocenters. The lowest BCUT2D eigenvalue weighted by atomic mass is 9.60. The molecule has 0 saturated heterocycles. The highest BCUT2D eigenvalue weighted by molar-refractivity contribution is 5.38. The number of fused-ring (bicyclic) bond motifs is 1. The molecular formula is C29H48O4. The van der Waals surface area contributed by atoms with Gasteiger partial charge in [-0.2, -0.15) is 0 Å². The third kappa shape index (κ3) is 5.50. The van der Waals surface area contributed by atoms with E-state index in [9.17, 15) is 20.4 Å². The number of hydrogen-bond acceptors (Lipinski definition) is 4. The van der Waals surface area contributed by atoms with Crippen LogP contribution in [0.1, 0.15) is 98.3 Å². The molecule has 0 radical (unpaired) electrons. The van der Waals surface area contributed by atoms with Crippen LogP contribution < -0.4 is 0 Å². The Morgan fingerprint density at radius 2 is 1.85 bits per heavy atom. The fourth-order valence-electron chi connectivity index (χ4n) is 7.29. The van der Waals surface area contributed by atoms with Crippen molar-refractivity contribution in [2.75, 3.05) is 0 Å². The van der Waals surface area contributed by atoms with E-state index >= 15 is 0 Å². The highest BCUT2D eigenvalue weighted by atomic mass is 16.3. The van der Waals surface area contributed by atoms with E-state index in [1.54, 1.807) is 0 Å². The first-order valence-corrected chi connectivity index (χ1v) is 13.4. The maximum absolute atomic E-state index is 10.7. The molecule has 0 amide bonds. The minimum atomic E-state index is -0.958. The van der Waals surface area contributed by atoms with Gasteiger partial charge in [-0.25, -0.2) is 0 Å². The fourth-order valence-corrected chi connectivity index (χ4v) is 7.29. The van der Waals surface area contributed by atoms with E-state index in [-0.39, 0.29) is 5.41 Å². The van der Waals surface area contributed by atoms with Gasteiger partial charge in [-0.1, -0.05) is 52.0 Å². The van der Waals surface area contributed by atoms with Crippen LogP contribution in [0.25, 0.3) is 0 Å². The standard InChI is InChI=1S/C29H48O4/c1-6-29(33,7-2)27(32)15-10-19(3)24-13-14-25-21(9-8-16-28(24,25)5)11-12-22-17-23(30)18-26(31)20(22)4/h11-12,19,23-27,30-33H,4,6-10,13-18H2,1-3,5H3/b21-11+,22-12-/t19-,23-,24-,25+,26+,27-,28-/m1/s1. The first kappa shape index (κ1) is 26.7. The van der Waals surface area contributed by atoms with Crippen LogP contribution in [0.4, 0.5) is 0 Å². The maximum Gasteiger partial charge on any atom is 0.0900 e. The average Bonchev–Trinajstić information content (AvgIpc) is 3.15. The van der Waals surface area contributed by atoms with Crippen molar-refractivity contribution in [2.45, 2.75) is 122 Å². The van der Waals surface area contributed by atoms with Crippen molar-refractivity contribution in [1.29, 1.82) is 0 Å². The Kier molecular flexibility index (Phi) is 8.70. The Morgan fingerprint density at radius 3 is 2.52 bits per heavy atom. The highest BCUT2D eigenvalue weighted by Crippen LogP contribution is 2.60. The summed E-state index contributed by atoms with van der Waals surface area (Å²) in [6.45, 7) is 12.8. The molecule has 3 aliphatic carbocycles. The first-order valence-electron chi connectivity index (χ1n) is 13.4. The number of aliphatic hydroxyl groups excluding tert-OH is 3. The topological polar surface area (TPSA) is 80.9 Å². The smallest absolute Gasteiger partial charge is 0.0900 e. The van der Waals surface area contributed by atoms with Gasteiger partial charge < -0.3 is 20.4 Å². The minimum absolute atomic E-state index is 0.279. The molecule has 0 aliphatic heterocycles. The van der Waals surface area contributed by atoms with Gasteiger partial charge in [0.2, 0.25) is 0 Å². The summed E-state index contributed by atoms with van der Waals surface area (Å²) in [5, 5.41) is 41.5. The van der Waals surface area contributed by atoms with Gasteiger partial charge in [0.25, 0.3) is 0 Å². The van der Waals surface area contributed by atoms with Crippen LogP contribution in [0.3, 0.4) is 0 Å². The van der Waals surface area contributed by atoms with Crippen molar-refractivity contribution in [3.63, 3.8) is 0 Å². The maximum atomic E-state index is 10.7. The summed E-state index contributed by atoms with van der Waals surface area (Å²) in [6.07, 6.45) is 12.4. The van der Waals surface area contributed by atoms with Crippen LogP contribution in [0.15, 0.2) is 35.5 Å². The van der Waals surface area contributed by atoms with Crippen LogP contribution in [0, 0.1) is 23.2 Å². The van der Waals surface area contributed by atoms with Crippen molar-refractivity contribution in [2.24, 2.45) is 23.2 Å². The SMILES string of the molecule is C=C1/C(=C\C=C2/CCC[C@]3(C)[C@@H]([C@H](C)CC[C@@H](O)C(O)(CC)CC)CC[C@@H]23)C[C@@H](O)C[C@@H]1O. The van der Waals surface area contributed by atoms with Gasteiger partial charge in [0.15, 0.2) is 0 Å². The zero-order valence-corrected chi connectivity index (χ0v) is 21.4. The zero-order valence-electron chi connectivity index (χ0n) is 21.4. The molecule has 0 spiro atoms. The Hall–Kier alpha value is -0.940. The second-order valence-corrected chi connectivity index (χ2v) is 11.5. The van der Waals surface area contributed by atoms with Gasteiger partial charge in [-0.05, 0) is 98.5 Å². The van der Waals surface area contributed by atoms with Crippen LogP contribution >= 0.6 is 0 Å². The Morgan fingerprint density at radius 1 is 1.15 bits per heavy atom. The van der Waals surface area contributed by atoms with Crippen molar-refractivity contribution >= 4 is 0 Å². The molecule has 0 aromatic rings. The normalized spacial score (nSPS) is 37.4. The molecular weight excluding hydrogens is 412 g/mol. The average molecular weight is 461 g/mol. The first-order chi connectivity index (χ1) is 15.6. The van der Waals surface area contributed by atoms with Gasteiger partial charge in [0.05, 0.1) is 23.9 Å². The van der Waals surface area contributed by atoms with Crippen molar-refractivity contribution in [3.8, 4) is 0 Å². The summed E-state index contributed by atoms with van der Waals surface area (Å²) in [6, 6.07) is 0. The zero-order chi connectivity index (χ0) is 24.4. The van der Waals surface area contributed by atoms with E-state index in [1.165, 1.54) is 31.3 Å². The predicted molar refractivity (Wildman–Crippen MR) is 135 cm³/mol. The minimum Gasteiger partial charge on any atom is -0.393 e. The molecule has 0 aromatic carbocycles. The monoisotopic (exact) mass is 460 g/mol. The number of allylic oxidation sites excluding steroid dienone is 3. The van der Waals surface area contributed by atoms with Gasteiger partial charge in [0.1, 0.15) is 0 Å². The molecule has 0 heterocycles. The lowest BCUT2D eigenvalue weighted by molar-refractivity contribution is -0.0858. The van der Waals surface area contributed by atoms with Gasteiger partial charge in [-0.3, -0.25) is 0 Å².